The molecule has 0 radical (unpaired) electrons. The van der Waals surface area contributed by atoms with Crippen molar-refractivity contribution in [3.05, 3.63) is 23.5 Å². The lowest BCUT2D eigenvalue weighted by atomic mass is 10.2. The van der Waals surface area contributed by atoms with Gasteiger partial charge in [0.1, 0.15) is 5.82 Å². The molecular formula is C17H21FO5. The maximum absolute atomic E-state index is 13.9. The minimum Gasteiger partial charge on any atom is -0.461 e. The number of aldehydes is 1. The van der Waals surface area contributed by atoms with E-state index in [9.17, 15) is 9.18 Å². The molecule has 23 heavy (non-hydrogen) atoms. The predicted octanol–water partition coefficient (Wildman–Crippen LogP) is 3.45. The first-order valence-corrected chi connectivity index (χ1v) is 8.11. The van der Waals surface area contributed by atoms with E-state index in [0.29, 0.717) is 25.2 Å². The Morgan fingerprint density at radius 2 is 1.52 bits per heavy atom. The summed E-state index contributed by atoms with van der Waals surface area (Å²) in [5.41, 5.74) is -0.0623. The molecule has 0 amide bonds. The van der Waals surface area contributed by atoms with E-state index in [2.05, 4.69) is 0 Å². The molecule has 2 aliphatic heterocycles. The first-order chi connectivity index (χ1) is 11.3. The Morgan fingerprint density at radius 1 is 0.957 bits per heavy atom. The lowest BCUT2D eigenvalue weighted by molar-refractivity contribution is -0.119. The van der Waals surface area contributed by atoms with Crippen molar-refractivity contribution in [3.8, 4) is 11.5 Å². The topological polar surface area (TPSA) is 54.0 Å². The van der Waals surface area contributed by atoms with Gasteiger partial charge in [0.2, 0.25) is 0 Å². The first-order valence-electron chi connectivity index (χ1n) is 8.11. The Balaban J connectivity index is 1.79. The average Bonchev–Trinajstić information content (AvgIpc) is 2.59. The zero-order valence-corrected chi connectivity index (χ0v) is 13.0. The molecule has 5 nitrogen and oxygen atoms in total. The van der Waals surface area contributed by atoms with Crippen LogP contribution in [0.2, 0.25) is 0 Å². The molecule has 1 aromatic carbocycles. The van der Waals surface area contributed by atoms with E-state index in [0.717, 1.165) is 38.5 Å². The molecule has 2 unspecified atom stereocenters. The van der Waals surface area contributed by atoms with Crippen LogP contribution in [0, 0.1) is 5.82 Å². The largest absolute Gasteiger partial charge is 0.461 e. The number of hydrogen-bond donors (Lipinski definition) is 0. The summed E-state index contributed by atoms with van der Waals surface area (Å²) in [6.45, 7) is 1.26. The molecule has 2 saturated heterocycles. The second-order valence-electron chi connectivity index (χ2n) is 5.77. The summed E-state index contributed by atoms with van der Waals surface area (Å²) in [6, 6.07) is 2.54. The Labute approximate surface area is 134 Å². The van der Waals surface area contributed by atoms with E-state index in [1.807, 2.05) is 0 Å². The number of rotatable bonds is 5. The highest BCUT2D eigenvalue weighted by atomic mass is 19.1. The van der Waals surface area contributed by atoms with Crippen molar-refractivity contribution in [3.63, 3.8) is 0 Å². The van der Waals surface area contributed by atoms with Crippen LogP contribution >= 0.6 is 0 Å². The van der Waals surface area contributed by atoms with E-state index in [1.54, 1.807) is 0 Å². The Morgan fingerprint density at radius 3 is 2.00 bits per heavy atom. The molecule has 0 aromatic heterocycles. The lowest BCUT2D eigenvalue weighted by Crippen LogP contribution is -2.27. The molecule has 2 fully saturated rings. The second-order valence-corrected chi connectivity index (χ2v) is 5.77. The van der Waals surface area contributed by atoms with E-state index in [-0.39, 0.29) is 11.3 Å². The fourth-order valence-corrected chi connectivity index (χ4v) is 2.72. The number of ether oxygens (including phenoxy) is 4. The zero-order valence-electron chi connectivity index (χ0n) is 13.0. The molecule has 0 spiro atoms. The van der Waals surface area contributed by atoms with Crippen LogP contribution in [-0.2, 0) is 9.47 Å². The highest BCUT2D eigenvalue weighted by molar-refractivity contribution is 5.77. The van der Waals surface area contributed by atoms with Gasteiger partial charge in [-0.3, -0.25) is 4.79 Å². The number of halogens is 1. The third-order valence-corrected chi connectivity index (χ3v) is 3.98. The summed E-state index contributed by atoms with van der Waals surface area (Å²) in [7, 11) is 0. The fraction of sp³-hybridized carbons (Fsp3) is 0.588. The van der Waals surface area contributed by atoms with Gasteiger partial charge in [-0.25, -0.2) is 4.39 Å². The van der Waals surface area contributed by atoms with Gasteiger partial charge in [-0.1, -0.05) is 0 Å². The summed E-state index contributed by atoms with van der Waals surface area (Å²) in [4.78, 5) is 11.0. The molecule has 126 valence electrons. The molecule has 0 aliphatic carbocycles. The second kappa shape index (κ2) is 7.75. The van der Waals surface area contributed by atoms with Gasteiger partial charge in [0.25, 0.3) is 0 Å². The van der Waals surface area contributed by atoms with Crippen LogP contribution in [0.5, 0.6) is 11.5 Å². The molecule has 1 aromatic rings. The summed E-state index contributed by atoms with van der Waals surface area (Å²) in [5.74, 6) is -0.0773. The van der Waals surface area contributed by atoms with Crippen molar-refractivity contribution in [2.45, 2.75) is 51.1 Å². The smallest absolute Gasteiger partial charge is 0.200 e. The van der Waals surface area contributed by atoms with Gasteiger partial charge in [-0.05, 0) is 31.7 Å². The number of hydrogen-bond acceptors (Lipinski definition) is 5. The van der Waals surface area contributed by atoms with E-state index in [4.69, 9.17) is 18.9 Å². The zero-order chi connectivity index (χ0) is 16.1. The lowest BCUT2D eigenvalue weighted by Gasteiger charge is -2.27. The van der Waals surface area contributed by atoms with Gasteiger partial charge in [-0.15, -0.1) is 0 Å². The highest BCUT2D eigenvalue weighted by Gasteiger charge is 2.22. The summed E-state index contributed by atoms with van der Waals surface area (Å²) < 4.78 is 36.5. The van der Waals surface area contributed by atoms with Crippen LogP contribution in [0.1, 0.15) is 48.9 Å². The maximum Gasteiger partial charge on any atom is 0.200 e. The molecule has 2 atom stereocenters. The first kappa shape index (κ1) is 16.2. The molecule has 3 rings (SSSR count). The Bertz CT molecular complexity index is 536. The molecule has 0 N–H and O–H groups in total. The van der Waals surface area contributed by atoms with E-state index in [1.165, 1.54) is 12.1 Å². The van der Waals surface area contributed by atoms with Crippen LogP contribution in [0.15, 0.2) is 12.1 Å². The van der Waals surface area contributed by atoms with Gasteiger partial charge < -0.3 is 18.9 Å². The minimum absolute atomic E-state index is 0.0623. The number of carbonyl (C=O) groups is 1. The van der Waals surface area contributed by atoms with Crippen molar-refractivity contribution >= 4 is 6.29 Å². The van der Waals surface area contributed by atoms with Crippen molar-refractivity contribution in [2.24, 2.45) is 0 Å². The Hall–Kier alpha value is -1.66. The quantitative estimate of drug-likeness (QED) is 0.777. The van der Waals surface area contributed by atoms with Gasteiger partial charge in [-0.2, -0.15) is 0 Å². The normalized spacial score (nSPS) is 24.9. The van der Waals surface area contributed by atoms with Crippen LogP contribution < -0.4 is 9.47 Å². The van der Waals surface area contributed by atoms with Crippen LogP contribution in [0.4, 0.5) is 4.39 Å². The summed E-state index contributed by atoms with van der Waals surface area (Å²) in [6.07, 6.45) is 5.16. The van der Waals surface area contributed by atoms with E-state index < -0.39 is 18.4 Å². The van der Waals surface area contributed by atoms with Crippen molar-refractivity contribution in [1.82, 2.24) is 0 Å². The predicted molar refractivity (Wildman–Crippen MR) is 80.2 cm³/mol. The molecule has 0 saturated carbocycles. The van der Waals surface area contributed by atoms with Gasteiger partial charge in [0, 0.05) is 18.9 Å². The number of carbonyl (C=O) groups excluding carboxylic acids is 1. The summed E-state index contributed by atoms with van der Waals surface area (Å²) >= 11 is 0. The van der Waals surface area contributed by atoms with Crippen LogP contribution in [-0.4, -0.2) is 32.1 Å². The van der Waals surface area contributed by atoms with Crippen molar-refractivity contribution < 1.29 is 28.1 Å². The van der Waals surface area contributed by atoms with Crippen molar-refractivity contribution in [2.75, 3.05) is 13.2 Å². The maximum atomic E-state index is 13.9. The van der Waals surface area contributed by atoms with Gasteiger partial charge in [0.15, 0.2) is 30.4 Å². The average molecular weight is 324 g/mol. The van der Waals surface area contributed by atoms with Crippen LogP contribution in [0.3, 0.4) is 0 Å². The standard InChI is InChI=1S/C17H21FO5/c18-13-10-15(23-17-6-2-4-8-21-17)14(9-12(13)11-19)22-16-5-1-3-7-20-16/h9-11,16-17H,1-8H2. The molecule has 0 bridgehead atoms. The third kappa shape index (κ3) is 4.20. The van der Waals surface area contributed by atoms with Gasteiger partial charge >= 0.3 is 0 Å². The minimum atomic E-state index is -0.636. The van der Waals surface area contributed by atoms with E-state index >= 15 is 0 Å². The Kier molecular flexibility index (Phi) is 5.46. The summed E-state index contributed by atoms with van der Waals surface area (Å²) in [5, 5.41) is 0. The fourth-order valence-electron chi connectivity index (χ4n) is 2.72. The molecular weight excluding hydrogens is 303 g/mol. The molecule has 2 heterocycles. The SMILES string of the molecule is O=Cc1cc(OC2CCCCO2)c(OC2CCCCO2)cc1F. The molecule has 2 aliphatic rings. The number of benzene rings is 1. The highest BCUT2D eigenvalue weighted by Crippen LogP contribution is 2.34. The van der Waals surface area contributed by atoms with Crippen LogP contribution in [0.25, 0.3) is 0 Å². The monoisotopic (exact) mass is 324 g/mol. The van der Waals surface area contributed by atoms with Crippen molar-refractivity contribution in [1.29, 1.82) is 0 Å². The third-order valence-electron chi connectivity index (χ3n) is 3.98. The molecule has 6 heteroatoms. The van der Waals surface area contributed by atoms with Gasteiger partial charge in [0.05, 0.1) is 18.8 Å².